The lowest BCUT2D eigenvalue weighted by Gasteiger charge is -2.18. The van der Waals surface area contributed by atoms with Crippen molar-refractivity contribution in [2.45, 2.75) is 36.5 Å². The molecule has 0 heterocycles. The van der Waals surface area contributed by atoms with Crippen LogP contribution in [0.4, 0.5) is 0 Å². The molecule has 1 unspecified atom stereocenters. The summed E-state index contributed by atoms with van der Waals surface area (Å²) in [6, 6.07) is 0. The molecule has 0 aromatic carbocycles. The Morgan fingerprint density at radius 1 is 1.62 bits per heavy atom. The van der Waals surface area contributed by atoms with E-state index in [9.17, 15) is 0 Å². The van der Waals surface area contributed by atoms with Crippen molar-refractivity contribution in [3.63, 3.8) is 0 Å². The van der Waals surface area contributed by atoms with Gasteiger partial charge in [-0.1, -0.05) is 49.8 Å². The molecule has 1 heteroatoms. The topological polar surface area (TPSA) is 0 Å². The highest BCUT2D eigenvalue weighted by Crippen LogP contribution is 2.26. The van der Waals surface area contributed by atoms with Gasteiger partial charge in [-0.3, -0.25) is 0 Å². The summed E-state index contributed by atoms with van der Waals surface area (Å²) in [5, 5.41) is 0. The van der Waals surface area contributed by atoms with Crippen molar-refractivity contribution in [3.05, 3.63) is 6.92 Å². The van der Waals surface area contributed by atoms with Crippen LogP contribution in [0.15, 0.2) is 0 Å². The largest absolute Gasteiger partial charge is 0.0792 e. The van der Waals surface area contributed by atoms with E-state index < -0.39 is 0 Å². The SMILES string of the molecule is [CH2]CC(C)(I)CCC. The van der Waals surface area contributed by atoms with Gasteiger partial charge in [0.2, 0.25) is 0 Å². The standard InChI is InChI=1S/C7H14I/c1-4-6-7(3,8)5-2/h2,4-6H2,1,3H3. The van der Waals surface area contributed by atoms with Gasteiger partial charge in [0.15, 0.2) is 0 Å². The molecule has 0 spiro atoms. The molecule has 8 heavy (non-hydrogen) atoms. The zero-order valence-electron chi connectivity index (χ0n) is 5.71. The van der Waals surface area contributed by atoms with Crippen molar-refractivity contribution in [3.8, 4) is 0 Å². The summed E-state index contributed by atoms with van der Waals surface area (Å²) in [4.78, 5) is 0. The maximum Gasteiger partial charge on any atom is 0.0194 e. The number of halogens is 1. The van der Waals surface area contributed by atoms with E-state index in [1.807, 2.05) is 0 Å². The van der Waals surface area contributed by atoms with E-state index in [0.29, 0.717) is 3.42 Å². The van der Waals surface area contributed by atoms with E-state index in [0.717, 1.165) is 6.42 Å². The predicted octanol–water partition coefficient (Wildman–Crippen LogP) is 3.20. The Labute approximate surface area is 66.2 Å². The van der Waals surface area contributed by atoms with E-state index in [4.69, 9.17) is 0 Å². The summed E-state index contributed by atoms with van der Waals surface area (Å²) in [6.45, 7) is 8.34. The van der Waals surface area contributed by atoms with Gasteiger partial charge >= 0.3 is 0 Å². The van der Waals surface area contributed by atoms with E-state index in [2.05, 4.69) is 43.4 Å². The molecule has 0 nitrogen and oxygen atoms in total. The zero-order chi connectivity index (χ0) is 6.62. The number of hydrogen-bond donors (Lipinski definition) is 0. The average Bonchev–Trinajstić information content (AvgIpc) is 1.67. The molecule has 0 fully saturated rings. The first kappa shape index (κ1) is 8.73. The number of hydrogen-bond acceptors (Lipinski definition) is 0. The van der Waals surface area contributed by atoms with E-state index in [1.54, 1.807) is 0 Å². The molecule has 0 rings (SSSR count). The molecule has 49 valence electrons. The van der Waals surface area contributed by atoms with Crippen LogP contribution in [-0.4, -0.2) is 3.42 Å². The van der Waals surface area contributed by atoms with Crippen LogP contribution in [0.5, 0.6) is 0 Å². The summed E-state index contributed by atoms with van der Waals surface area (Å²) in [7, 11) is 0. The second-order valence-corrected chi connectivity index (χ2v) is 5.02. The fourth-order valence-corrected chi connectivity index (χ4v) is 1.19. The monoisotopic (exact) mass is 225 g/mol. The molecule has 1 atom stereocenters. The molecule has 0 saturated heterocycles. The molecule has 0 aliphatic rings. The third kappa shape index (κ3) is 3.70. The third-order valence-corrected chi connectivity index (χ3v) is 2.37. The van der Waals surface area contributed by atoms with Crippen LogP contribution in [-0.2, 0) is 0 Å². The Hall–Kier alpha value is 0.730. The highest BCUT2D eigenvalue weighted by molar-refractivity contribution is 14.1. The molecule has 0 saturated carbocycles. The summed E-state index contributed by atoms with van der Waals surface area (Å²) >= 11 is 2.48. The average molecular weight is 225 g/mol. The minimum absolute atomic E-state index is 0.451. The molecule has 1 radical (unpaired) electrons. The lowest BCUT2D eigenvalue weighted by Crippen LogP contribution is -2.12. The quantitative estimate of drug-likeness (QED) is 0.511. The highest BCUT2D eigenvalue weighted by atomic mass is 127. The first-order valence-corrected chi connectivity index (χ1v) is 4.18. The van der Waals surface area contributed by atoms with E-state index in [1.165, 1.54) is 12.8 Å². The van der Waals surface area contributed by atoms with Crippen LogP contribution >= 0.6 is 22.6 Å². The van der Waals surface area contributed by atoms with Gasteiger partial charge in [-0.15, -0.1) is 0 Å². The minimum Gasteiger partial charge on any atom is -0.0792 e. The van der Waals surface area contributed by atoms with Crippen molar-refractivity contribution in [1.29, 1.82) is 0 Å². The number of alkyl halides is 1. The molecule has 0 aliphatic heterocycles. The van der Waals surface area contributed by atoms with Crippen molar-refractivity contribution in [1.82, 2.24) is 0 Å². The summed E-state index contributed by atoms with van der Waals surface area (Å²) in [5.74, 6) is 0. The summed E-state index contributed by atoms with van der Waals surface area (Å²) < 4.78 is 0.451. The van der Waals surface area contributed by atoms with Crippen molar-refractivity contribution in [2.75, 3.05) is 0 Å². The Kier molecular flexibility index (Phi) is 4.04. The molecular formula is C7H14I. The fourth-order valence-electron chi connectivity index (χ4n) is 0.646. The first-order valence-electron chi connectivity index (χ1n) is 3.10. The van der Waals surface area contributed by atoms with Gasteiger partial charge in [0, 0.05) is 3.42 Å². The molecule has 0 amide bonds. The molecule has 0 aliphatic carbocycles. The molecule has 0 aromatic rings. The molecule has 0 N–H and O–H groups in total. The summed E-state index contributed by atoms with van der Waals surface area (Å²) in [5.41, 5.74) is 0. The van der Waals surface area contributed by atoms with Crippen molar-refractivity contribution in [2.24, 2.45) is 0 Å². The van der Waals surface area contributed by atoms with Gasteiger partial charge in [-0.25, -0.2) is 0 Å². The predicted molar refractivity (Wildman–Crippen MR) is 47.3 cm³/mol. The van der Waals surface area contributed by atoms with Crippen LogP contribution in [0.25, 0.3) is 0 Å². The fraction of sp³-hybridized carbons (Fsp3) is 0.857. The van der Waals surface area contributed by atoms with Crippen molar-refractivity contribution >= 4 is 22.6 Å². The zero-order valence-corrected chi connectivity index (χ0v) is 7.86. The Bertz CT molecular complexity index is 57.4. The van der Waals surface area contributed by atoms with Gasteiger partial charge in [0.25, 0.3) is 0 Å². The van der Waals surface area contributed by atoms with E-state index in [-0.39, 0.29) is 0 Å². The van der Waals surface area contributed by atoms with Crippen LogP contribution < -0.4 is 0 Å². The normalized spacial score (nSPS) is 18.0. The van der Waals surface area contributed by atoms with Crippen LogP contribution in [0.2, 0.25) is 0 Å². The second-order valence-electron chi connectivity index (χ2n) is 2.41. The lowest BCUT2D eigenvalue weighted by atomic mass is 10.0. The highest BCUT2D eigenvalue weighted by Gasteiger charge is 2.14. The van der Waals surface area contributed by atoms with Gasteiger partial charge in [0.1, 0.15) is 0 Å². The Morgan fingerprint density at radius 3 is 2.25 bits per heavy atom. The van der Waals surface area contributed by atoms with Gasteiger partial charge in [-0.05, 0) is 12.8 Å². The smallest absolute Gasteiger partial charge is 0.0194 e. The second kappa shape index (κ2) is 3.70. The van der Waals surface area contributed by atoms with Gasteiger partial charge in [-0.2, -0.15) is 0 Å². The Balaban J connectivity index is 3.37. The maximum atomic E-state index is 3.87. The molecule has 0 aromatic heterocycles. The van der Waals surface area contributed by atoms with Crippen LogP contribution in [0.3, 0.4) is 0 Å². The van der Waals surface area contributed by atoms with Crippen molar-refractivity contribution < 1.29 is 0 Å². The minimum atomic E-state index is 0.451. The van der Waals surface area contributed by atoms with Gasteiger partial charge < -0.3 is 0 Å². The van der Waals surface area contributed by atoms with Gasteiger partial charge in [0.05, 0.1) is 0 Å². The lowest BCUT2D eigenvalue weighted by molar-refractivity contribution is 0.610. The Morgan fingerprint density at radius 2 is 2.12 bits per heavy atom. The number of rotatable bonds is 3. The molecule has 0 bridgehead atoms. The van der Waals surface area contributed by atoms with Crippen LogP contribution in [0, 0.1) is 6.92 Å². The molecular weight excluding hydrogens is 211 g/mol. The first-order chi connectivity index (χ1) is 3.62. The van der Waals surface area contributed by atoms with E-state index >= 15 is 0 Å². The third-order valence-electron chi connectivity index (χ3n) is 1.29. The summed E-state index contributed by atoms with van der Waals surface area (Å²) in [6.07, 6.45) is 3.60. The maximum absolute atomic E-state index is 3.87. The van der Waals surface area contributed by atoms with Crippen LogP contribution in [0.1, 0.15) is 33.1 Å².